The van der Waals surface area contributed by atoms with Crippen molar-refractivity contribution in [1.29, 1.82) is 0 Å². The van der Waals surface area contributed by atoms with Gasteiger partial charge in [-0.2, -0.15) is 11.8 Å². The van der Waals surface area contributed by atoms with Crippen LogP contribution in [0.1, 0.15) is 0 Å². The number of hydrogen-bond acceptors (Lipinski definition) is 3. The minimum Gasteiger partial charge on any atom is -0.394 e. The molecule has 0 fully saturated rings. The minimum atomic E-state index is -0.605. The molecule has 0 saturated carbocycles. The lowest BCUT2D eigenvalue weighted by Gasteiger charge is -2.02. The third-order valence-corrected chi connectivity index (χ3v) is 1.65. The van der Waals surface area contributed by atoms with E-state index in [2.05, 4.69) is 6.58 Å². The molecule has 0 saturated heterocycles. The summed E-state index contributed by atoms with van der Waals surface area (Å²) in [6.45, 7) is 3.29. The number of rotatable bonds is 5. The zero-order valence-corrected chi connectivity index (χ0v) is 5.97. The van der Waals surface area contributed by atoms with E-state index in [1.54, 1.807) is 11.8 Å². The molecule has 53 valence electrons. The summed E-state index contributed by atoms with van der Waals surface area (Å²) in [5, 5.41) is 17.1. The molecule has 0 amide bonds. The quantitative estimate of drug-likeness (QED) is 0.554. The smallest absolute Gasteiger partial charge is 0.0861 e. The van der Waals surface area contributed by atoms with E-state index in [0.717, 1.165) is 0 Å². The van der Waals surface area contributed by atoms with E-state index in [1.807, 2.05) is 0 Å². The number of hydrogen-bond donors (Lipinski definition) is 2. The van der Waals surface area contributed by atoms with E-state index < -0.39 is 6.10 Å². The maximum Gasteiger partial charge on any atom is 0.0861 e. The van der Waals surface area contributed by atoms with E-state index in [9.17, 15) is 0 Å². The standard InChI is InChI=1S/C6H11O2S/c1-2-3-9-5-6(8)4-7/h2-3,6-8H,1,4-5H2. The molecular formula is C6H11O2S. The van der Waals surface area contributed by atoms with Crippen molar-refractivity contribution >= 4 is 11.8 Å². The Kier molecular flexibility index (Phi) is 6.14. The second-order valence-corrected chi connectivity index (χ2v) is 2.48. The number of thioether (sulfide) groups is 1. The van der Waals surface area contributed by atoms with Gasteiger partial charge in [0.25, 0.3) is 0 Å². The van der Waals surface area contributed by atoms with Gasteiger partial charge >= 0.3 is 0 Å². The third-order valence-electron chi connectivity index (χ3n) is 0.692. The zero-order valence-electron chi connectivity index (χ0n) is 5.16. The Morgan fingerprint density at radius 1 is 1.67 bits per heavy atom. The fourth-order valence-electron chi connectivity index (χ4n) is 0.287. The van der Waals surface area contributed by atoms with Gasteiger partial charge in [0.15, 0.2) is 0 Å². The zero-order chi connectivity index (χ0) is 7.11. The second-order valence-electron chi connectivity index (χ2n) is 1.54. The molecule has 0 rings (SSSR count). The first kappa shape index (κ1) is 9.01. The van der Waals surface area contributed by atoms with Gasteiger partial charge in [-0.3, -0.25) is 0 Å². The minimum absolute atomic E-state index is 0.169. The van der Waals surface area contributed by atoms with Gasteiger partial charge < -0.3 is 10.2 Å². The predicted molar refractivity (Wildman–Crippen MR) is 40.0 cm³/mol. The molecule has 9 heavy (non-hydrogen) atoms. The first-order valence-electron chi connectivity index (χ1n) is 2.66. The topological polar surface area (TPSA) is 40.5 Å². The summed E-state index contributed by atoms with van der Waals surface area (Å²) in [5.41, 5.74) is 0. The van der Waals surface area contributed by atoms with Gasteiger partial charge in [-0.25, -0.2) is 0 Å². The van der Waals surface area contributed by atoms with Crippen molar-refractivity contribution in [3.63, 3.8) is 0 Å². The van der Waals surface area contributed by atoms with Gasteiger partial charge in [0.1, 0.15) is 0 Å². The Labute approximate surface area is 59.6 Å². The summed E-state index contributed by atoms with van der Waals surface area (Å²) in [7, 11) is 0. The molecule has 2 N–H and O–H groups in total. The lowest BCUT2D eigenvalue weighted by molar-refractivity contribution is 0.113. The van der Waals surface area contributed by atoms with E-state index >= 15 is 0 Å². The van der Waals surface area contributed by atoms with Crippen LogP contribution in [0.3, 0.4) is 0 Å². The largest absolute Gasteiger partial charge is 0.394 e. The second kappa shape index (κ2) is 6.13. The van der Waals surface area contributed by atoms with Gasteiger partial charge in [0.2, 0.25) is 0 Å². The molecule has 1 unspecified atom stereocenters. The molecule has 0 aromatic rings. The molecule has 0 spiro atoms. The van der Waals surface area contributed by atoms with Crippen molar-refractivity contribution in [1.82, 2.24) is 0 Å². The SMILES string of the molecule is C=C[CH]SCC(O)CO. The number of aliphatic hydroxyl groups excluding tert-OH is 2. The fourth-order valence-corrected chi connectivity index (χ4v) is 0.862. The normalized spacial score (nSPS) is 13.1. The lowest BCUT2D eigenvalue weighted by Crippen LogP contribution is -2.14. The molecular weight excluding hydrogens is 136 g/mol. The van der Waals surface area contributed by atoms with Gasteiger partial charge in [0, 0.05) is 11.5 Å². The first-order chi connectivity index (χ1) is 4.31. The highest BCUT2D eigenvalue weighted by atomic mass is 32.2. The Hall–Kier alpha value is 0.01000. The maximum atomic E-state index is 8.76. The summed E-state index contributed by atoms with van der Waals surface area (Å²) in [5.74, 6) is 2.31. The van der Waals surface area contributed by atoms with Crippen molar-refractivity contribution in [2.45, 2.75) is 6.10 Å². The summed E-state index contributed by atoms with van der Waals surface area (Å²) in [4.78, 5) is 0. The van der Waals surface area contributed by atoms with Crippen LogP contribution in [-0.2, 0) is 0 Å². The predicted octanol–water partition coefficient (Wildman–Crippen LogP) is 0.421. The van der Waals surface area contributed by atoms with E-state index in [1.165, 1.54) is 11.8 Å². The van der Waals surface area contributed by atoms with Crippen molar-refractivity contribution < 1.29 is 10.2 Å². The summed E-state index contributed by atoms with van der Waals surface area (Å²) in [6.07, 6.45) is 1.04. The summed E-state index contributed by atoms with van der Waals surface area (Å²) < 4.78 is 0. The molecule has 0 aromatic heterocycles. The van der Waals surface area contributed by atoms with Crippen LogP contribution >= 0.6 is 11.8 Å². The molecule has 0 aliphatic heterocycles. The van der Waals surface area contributed by atoms with Crippen LogP contribution in [0, 0.1) is 5.75 Å². The van der Waals surface area contributed by atoms with Crippen molar-refractivity contribution in [3.05, 3.63) is 18.4 Å². The molecule has 0 heterocycles. The lowest BCUT2D eigenvalue weighted by atomic mass is 10.4. The first-order valence-corrected chi connectivity index (χ1v) is 3.71. The third kappa shape index (κ3) is 5.89. The molecule has 2 nitrogen and oxygen atoms in total. The van der Waals surface area contributed by atoms with Gasteiger partial charge in [-0.1, -0.05) is 6.08 Å². The van der Waals surface area contributed by atoms with Gasteiger partial charge in [0.05, 0.1) is 12.7 Å². The average Bonchev–Trinajstić information content (AvgIpc) is 1.89. The molecule has 0 aliphatic carbocycles. The van der Waals surface area contributed by atoms with Gasteiger partial charge in [-0.05, 0) is 0 Å². The van der Waals surface area contributed by atoms with Crippen LogP contribution in [0.4, 0.5) is 0 Å². The van der Waals surface area contributed by atoms with Crippen LogP contribution in [0.25, 0.3) is 0 Å². The van der Waals surface area contributed by atoms with Crippen molar-refractivity contribution in [2.75, 3.05) is 12.4 Å². The summed E-state index contributed by atoms with van der Waals surface area (Å²) in [6, 6.07) is 0. The fraction of sp³-hybridized carbons (Fsp3) is 0.500. The maximum absolute atomic E-state index is 8.76. The Balaban J connectivity index is 2.96. The van der Waals surface area contributed by atoms with E-state index in [0.29, 0.717) is 5.75 Å². The summed E-state index contributed by atoms with van der Waals surface area (Å²) >= 11 is 1.43. The Morgan fingerprint density at radius 2 is 2.33 bits per heavy atom. The highest BCUT2D eigenvalue weighted by molar-refractivity contribution is 8.01. The van der Waals surface area contributed by atoms with Crippen LogP contribution in [0.5, 0.6) is 0 Å². The van der Waals surface area contributed by atoms with Crippen molar-refractivity contribution in [3.8, 4) is 0 Å². The molecule has 1 radical (unpaired) electrons. The molecule has 1 atom stereocenters. The molecule has 3 heteroatoms. The average molecular weight is 147 g/mol. The van der Waals surface area contributed by atoms with E-state index in [4.69, 9.17) is 10.2 Å². The molecule has 0 bridgehead atoms. The van der Waals surface area contributed by atoms with Crippen LogP contribution in [0.15, 0.2) is 12.7 Å². The van der Waals surface area contributed by atoms with Crippen LogP contribution in [-0.4, -0.2) is 28.7 Å². The van der Waals surface area contributed by atoms with Crippen LogP contribution < -0.4 is 0 Å². The molecule has 0 aliphatic rings. The Bertz CT molecular complexity index is 75.5. The van der Waals surface area contributed by atoms with E-state index in [-0.39, 0.29) is 6.61 Å². The monoisotopic (exact) mass is 147 g/mol. The van der Waals surface area contributed by atoms with Crippen LogP contribution in [0.2, 0.25) is 0 Å². The Morgan fingerprint density at radius 3 is 2.78 bits per heavy atom. The van der Waals surface area contributed by atoms with Gasteiger partial charge in [-0.15, -0.1) is 6.58 Å². The molecule has 0 aromatic carbocycles. The number of aliphatic hydroxyl groups is 2. The highest BCUT2D eigenvalue weighted by Crippen LogP contribution is 2.06. The highest BCUT2D eigenvalue weighted by Gasteiger charge is 1.98. The van der Waals surface area contributed by atoms with Crippen molar-refractivity contribution in [2.24, 2.45) is 0 Å².